The molecule has 3 nitrogen and oxygen atoms in total. The van der Waals surface area contributed by atoms with Gasteiger partial charge >= 0.3 is 0 Å². The minimum Gasteiger partial charge on any atom is -0.235 e. The largest absolute Gasteiger partial charge is 0.235 e. The first-order valence-corrected chi connectivity index (χ1v) is 13.0. The first-order chi connectivity index (χ1) is 11.9. The van der Waals surface area contributed by atoms with Crippen LogP contribution in [0.3, 0.4) is 0 Å². The number of aromatic nitrogens is 3. The Labute approximate surface area is 162 Å². The van der Waals surface area contributed by atoms with E-state index < -0.39 is 8.07 Å². The van der Waals surface area contributed by atoms with Crippen molar-refractivity contribution >= 4 is 57.5 Å². The fourth-order valence-electron chi connectivity index (χ4n) is 3.29. The molecule has 0 aliphatic carbocycles. The zero-order chi connectivity index (χ0) is 17.6. The van der Waals surface area contributed by atoms with Crippen LogP contribution in [0.2, 0.25) is 19.6 Å². The van der Waals surface area contributed by atoms with Gasteiger partial charge in [-0.05, 0) is 55.8 Å². The fraction of sp³-hybridized carbons (Fsp3) is 0.200. The molecule has 0 saturated heterocycles. The van der Waals surface area contributed by atoms with Crippen LogP contribution in [0, 0.1) is 3.70 Å². The molecular formula is C20H20IN3Si. The smallest absolute Gasteiger partial charge is 0.118 e. The summed E-state index contributed by atoms with van der Waals surface area (Å²) in [6.07, 6.45) is 0. The maximum Gasteiger partial charge on any atom is 0.118 e. The molecule has 1 aromatic heterocycles. The van der Waals surface area contributed by atoms with Gasteiger partial charge in [0.05, 0.1) is 11.9 Å². The van der Waals surface area contributed by atoms with Crippen molar-refractivity contribution in [3.8, 4) is 0 Å². The predicted molar refractivity (Wildman–Crippen MR) is 116 cm³/mol. The highest BCUT2D eigenvalue weighted by atomic mass is 127. The molecule has 126 valence electrons. The van der Waals surface area contributed by atoms with Gasteiger partial charge in [0.25, 0.3) is 0 Å². The van der Waals surface area contributed by atoms with E-state index in [-0.39, 0.29) is 0 Å². The molecular weight excluding hydrogens is 437 g/mol. The Morgan fingerprint density at radius 2 is 1.48 bits per heavy atom. The van der Waals surface area contributed by atoms with Crippen molar-refractivity contribution in [1.29, 1.82) is 0 Å². The number of hydrogen-bond donors (Lipinski definition) is 0. The molecule has 0 aliphatic heterocycles. The maximum atomic E-state index is 4.51. The summed E-state index contributed by atoms with van der Waals surface area (Å²) in [4.78, 5) is 0. The number of hydrogen-bond acceptors (Lipinski definition) is 2. The van der Waals surface area contributed by atoms with Crippen molar-refractivity contribution in [1.82, 2.24) is 15.0 Å². The molecule has 0 amide bonds. The second-order valence-corrected chi connectivity index (χ2v) is 13.4. The van der Waals surface area contributed by atoms with E-state index in [1.807, 2.05) is 0 Å². The highest BCUT2D eigenvalue weighted by Gasteiger charge is 2.25. The van der Waals surface area contributed by atoms with Crippen molar-refractivity contribution < 1.29 is 0 Å². The molecule has 0 spiro atoms. The van der Waals surface area contributed by atoms with E-state index in [1.165, 1.54) is 36.1 Å². The molecule has 0 aliphatic rings. The summed E-state index contributed by atoms with van der Waals surface area (Å²) < 4.78 is 3.23. The van der Waals surface area contributed by atoms with E-state index in [9.17, 15) is 0 Å². The SMILES string of the molecule is C[Si](C)(C)c1nnn(Cc2c3ccccc3cc3ccccc23)c1I. The minimum atomic E-state index is -1.48. The molecule has 25 heavy (non-hydrogen) atoms. The van der Waals surface area contributed by atoms with Crippen molar-refractivity contribution in [3.63, 3.8) is 0 Å². The molecule has 4 rings (SSSR count). The molecule has 0 radical (unpaired) electrons. The van der Waals surface area contributed by atoms with Gasteiger partial charge in [-0.3, -0.25) is 0 Å². The molecule has 1 heterocycles. The molecule has 0 unspecified atom stereocenters. The fourth-order valence-corrected chi connectivity index (χ4v) is 7.18. The summed E-state index contributed by atoms with van der Waals surface area (Å²) in [7, 11) is -1.48. The quantitative estimate of drug-likeness (QED) is 0.252. The van der Waals surface area contributed by atoms with Crippen LogP contribution in [0.5, 0.6) is 0 Å². The van der Waals surface area contributed by atoms with Gasteiger partial charge in [-0.15, -0.1) is 5.10 Å². The van der Waals surface area contributed by atoms with Crippen molar-refractivity contribution in [2.75, 3.05) is 0 Å². The zero-order valence-corrected chi connectivity index (χ0v) is 17.8. The summed E-state index contributed by atoms with van der Waals surface area (Å²) in [5.74, 6) is 0. The first-order valence-electron chi connectivity index (χ1n) is 8.44. The van der Waals surface area contributed by atoms with Crippen LogP contribution >= 0.6 is 22.6 Å². The van der Waals surface area contributed by atoms with Crippen molar-refractivity contribution in [3.05, 3.63) is 63.9 Å². The average Bonchev–Trinajstić information content (AvgIpc) is 2.95. The summed E-state index contributed by atoms with van der Waals surface area (Å²) in [5.41, 5.74) is 1.32. The van der Waals surface area contributed by atoms with E-state index in [1.54, 1.807) is 0 Å². The summed E-state index contributed by atoms with van der Waals surface area (Å²) in [6, 6.07) is 19.5. The lowest BCUT2D eigenvalue weighted by Crippen LogP contribution is -2.41. The monoisotopic (exact) mass is 457 g/mol. The van der Waals surface area contributed by atoms with Gasteiger partial charge in [0, 0.05) is 0 Å². The molecule has 0 bridgehead atoms. The minimum absolute atomic E-state index is 0.748. The second-order valence-electron chi connectivity index (χ2n) is 7.43. The third-order valence-electron chi connectivity index (χ3n) is 4.58. The van der Waals surface area contributed by atoms with Crippen LogP contribution in [0.4, 0.5) is 0 Å². The van der Waals surface area contributed by atoms with Gasteiger partial charge in [-0.1, -0.05) is 73.4 Å². The number of nitrogens with zero attached hydrogens (tertiary/aromatic N) is 3. The zero-order valence-electron chi connectivity index (χ0n) is 14.6. The van der Waals surface area contributed by atoms with E-state index in [4.69, 9.17) is 0 Å². The van der Waals surface area contributed by atoms with Crippen LogP contribution in [0.15, 0.2) is 54.6 Å². The van der Waals surface area contributed by atoms with Gasteiger partial charge in [0.15, 0.2) is 0 Å². The average molecular weight is 457 g/mol. The van der Waals surface area contributed by atoms with Gasteiger partial charge in [-0.2, -0.15) is 0 Å². The summed E-state index contributed by atoms with van der Waals surface area (Å²) in [5, 5.41) is 15.3. The third kappa shape index (κ3) is 2.99. The molecule has 0 atom stereocenters. The lowest BCUT2D eigenvalue weighted by Gasteiger charge is -2.14. The van der Waals surface area contributed by atoms with Gasteiger partial charge in [0.1, 0.15) is 11.8 Å². The van der Waals surface area contributed by atoms with Crippen LogP contribution in [-0.2, 0) is 6.54 Å². The lowest BCUT2D eigenvalue weighted by molar-refractivity contribution is 0.641. The third-order valence-corrected chi connectivity index (χ3v) is 7.91. The second kappa shape index (κ2) is 6.21. The highest BCUT2D eigenvalue weighted by Crippen LogP contribution is 2.29. The molecule has 0 fully saturated rings. The number of rotatable bonds is 3. The lowest BCUT2D eigenvalue weighted by atomic mass is 9.97. The Morgan fingerprint density at radius 3 is 2.00 bits per heavy atom. The highest BCUT2D eigenvalue weighted by molar-refractivity contribution is 14.1. The van der Waals surface area contributed by atoms with Crippen LogP contribution in [-0.4, -0.2) is 23.1 Å². The molecule has 3 aromatic carbocycles. The first kappa shape index (κ1) is 16.7. The van der Waals surface area contributed by atoms with Gasteiger partial charge in [-0.25, -0.2) is 4.68 Å². The van der Waals surface area contributed by atoms with Crippen molar-refractivity contribution in [2.24, 2.45) is 0 Å². The Kier molecular flexibility index (Phi) is 4.15. The Hall–Kier alpha value is -1.73. The Morgan fingerprint density at radius 1 is 0.920 bits per heavy atom. The summed E-state index contributed by atoms with van der Waals surface area (Å²) in [6.45, 7) is 7.70. The standard InChI is InChI=1S/C20H20IN3Si/c1-25(2,3)20-19(21)24(23-22-20)13-18-16-10-6-4-8-14(16)12-15-9-5-7-11-17(15)18/h4-12H,13H2,1-3H3. The number of fused-ring (bicyclic) bond motifs is 2. The normalized spacial score (nSPS) is 12.2. The number of benzene rings is 3. The predicted octanol–water partition coefficient (Wildman–Crippen LogP) is 4.78. The van der Waals surface area contributed by atoms with Crippen LogP contribution in [0.25, 0.3) is 21.5 Å². The van der Waals surface area contributed by atoms with E-state index in [0.717, 1.165) is 6.54 Å². The molecule has 0 saturated carbocycles. The summed E-state index contributed by atoms with van der Waals surface area (Å²) >= 11 is 2.41. The Balaban J connectivity index is 1.93. The topological polar surface area (TPSA) is 30.7 Å². The van der Waals surface area contributed by atoms with Crippen LogP contribution < -0.4 is 5.32 Å². The molecule has 4 aromatic rings. The Bertz CT molecular complexity index is 1030. The van der Waals surface area contributed by atoms with Gasteiger partial charge < -0.3 is 0 Å². The van der Waals surface area contributed by atoms with Crippen molar-refractivity contribution in [2.45, 2.75) is 26.2 Å². The van der Waals surface area contributed by atoms with E-state index in [2.05, 4.69) is 112 Å². The molecule has 0 N–H and O–H groups in total. The number of halogens is 1. The van der Waals surface area contributed by atoms with Crippen LogP contribution in [0.1, 0.15) is 5.56 Å². The molecule has 5 heteroatoms. The van der Waals surface area contributed by atoms with E-state index in [0.29, 0.717) is 0 Å². The van der Waals surface area contributed by atoms with E-state index >= 15 is 0 Å². The maximum absolute atomic E-state index is 4.51. The van der Waals surface area contributed by atoms with Gasteiger partial charge in [0.2, 0.25) is 0 Å².